The van der Waals surface area contributed by atoms with Gasteiger partial charge in [0, 0.05) is 33.0 Å². The van der Waals surface area contributed by atoms with Crippen molar-refractivity contribution in [2.75, 3.05) is 26.8 Å². The number of ether oxygens (including phenoxy) is 1. The molecule has 0 saturated heterocycles. The molecule has 1 fully saturated rings. The van der Waals surface area contributed by atoms with E-state index in [0.717, 1.165) is 43.6 Å². The third-order valence-electron chi connectivity index (χ3n) is 5.30. The molecule has 0 unspecified atom stereocenters. The fraction of sp³-hybridized carbons (Fsp3) is 0.632. The minimum absolute atomic E-state index is 0. The highest BCUT2D eigenvalue weighted by Gasteiger charge is 2.33. The molecule has 150 valence electrons. The highest BCUT2D eigenvalue weighted by atomic mass is 127. The molecule has 8 heteroatoms. The van der Waals surface area contributed by atoms with Crippen molar-refractivity contribution in [3.8, 4) is 0 Å². The zero-order valence-electron chi connectivity index (χ0n) is 16.3. The van der Waals surface area contributed by atoms with E-state index in [0.29, 0.717) is 12.0 Å². The average Bonchev–Trinajstić information content (AvgIpc) is 3.30. The lowest BCUT2D eigenvalue weighted by Crippen LogP contribution is -2.43. The number of pyridine rings is 1. The highest BCUT2D eigenvalue weighted by Crippen LogP contribution is 2.40. The number of fused-ring (bicyclic) bond motifs is 1. The van der Waals surface area contributed by atoms with Gasteiger partial charge in [0.1, 0.15) is 0 Å². The van der Waals surface area contributed by atoms with Crippen LogP contribution in [0.15, 0.2) is 29.4 Å². The molecule has 27 heavy (non-hydrogen) atoms. The van der Waals surface area contributed by atoms with Gasteiger partial charge >= 0.3 is 0 Å². The van der Waals surface area contributed by atoms with E-state index in [1.807, 2.05) is 28.8 Å². The lowest BCUT2D eigenvalue weighted by atomic mass is 9.83. The van der Waals surface area contributed by atoms with Crippen LogP contribution in [0.3, 0.4) is 0 Å². The van der Waals surface area contributed by atoms with Crippen molar-refractivity contribution in [3.63, 3.8) is 0 Å². The predicted octanol–water partition coefficient (Wildman–Crippen LogP) is 3.00. The van der Waals surface area contributed by atoms with E-state index in [2.05, 4.69) is 32.7 Å². The molecule has 2 heterocycles. The maximum absolute atomic E-state index is 5.60. The molecule has 0 aromatic carbocycles. The molecule has 0 bridgehead atoms. The van der Waals surface area contributed by atoms with Crippen LogP contribution in [-0.4, -0.2) is 47.4 Å². The monoisotopic (exact) mass is 486 g/mol. The number of nitrogens with one attached hydrogen (secondary N) is 2. The number of nitrogens with zero attached hydrogens (tertiary/aromatic N) is 4. The van der Waals surface area contributed by atoms with Crippen LogP contribution in [0.1, 0.15) is 44.9 Å². The van der Waals surface area contributed by atoms with Crippen molar-refractivity contribution in [1.29, 1.82) is 0 Å². The number of halogens is 1. The maximum atomic E-state index is 5.60. The van der Waals surface area contributed by atoms with E-state index in [1.54, 1.807) is 7.05 Å². The van der Waals surface area contributed by atoms with Crippen molar-refractivity contribution < 1.29 is 4.74 Å². The quantitative estimate of drug-likeness (QED) is 0.260. The molecular formula is C19H31IN6O. The van der Waals surface area contributed by atoms with Crippen molar-refractivity contribution in [1.82, 2.24) is 25.2 Å². The average molecular weight is 486 g/mol. The Balaban J connectivity index is 0.00000261. The SMILES string of the molecule is CCOCCC1(CNC(=NC)NCc2nnc3ccccn23)CCCC1.I. The second-order valence-corrected chi connectivity index (χ2v) is 6.98. The van der Waals surface area contributed by atoms with Gasteiger partial charge < -0.3 is 15.4 Å². The molecule has 2 aromatic rings. The minimum Gasteiger partial charge on any atom is -0.382 e. The molecule has 7 nitrogen and oxygen atoms in total. The van der Waals surface area contributed by atoms with Crippen molar-refractivity contribution in [2.24, 2.45) is 10.4 Å². The maximum Gasteiger partial charge on any atom is 0.191 e. The smallest absolute Gasteiger partial charge is 0.191 e. The number of rotatable bonds is 8. The normalized spacial score (nSPS) is 16.3. The summed E-state index contributed by atoms with van der Waals surface area (Å²) in [4.78, 5) is 4.36. The van der Waals surface area contributed by atoms with Crippen LogP contribution in [-0.2, 0) is 11.3 Å². The number of guanidine groups is 1. The largest absolute Gasteiger partial charge is 0.382 e. The summed E-state index contributed by atoms with van der Waals surface area (Å²) >= 11 is 0. The van der Waals surface area contributed by atoms with Crippen LogP contribution in [0.4, 0.5) is 0 Å². The summed E-state index contributed by atoms with van der Waals surface area (Å²) in [6.45, 7) is 5.20. The standard InChI is InChI=1S/C19H30N6O.HI/c1-3-26-13-11-19(9-5-6-10-19)15-22-18(20-2)21-14-17-24-23-16-8-4-7-12-25(16)17;/h4,7-8,12H,3,5-6,9-11,13-15H2,1-2H3,(H2,20,21,22);1H. The second-order valence-electron chi connectivity index (χ2n) is 6.98. The molecule has 1 aliphatic rings. The first kappa shape index (κ1) is 21.9. The van der Waals surface area contributed by atoms with Gasteiger partial charge in [-0.1, -0.05) is 18.9 Å². The fourth-order valence-corrected chi connectivity index (χ4v) is 3.74. The summed E-state index contributed by atoms with van der Waals surface area (Å²) in [5.41, 5.74) is 1.18. The molecule has 3 rings (SSSR count). The second kappa shape index (κ2) is 10.8. The Morgan fingerprint density at radius 3 is 2.81 bits per heavy atom. The number of hydrogen-bond donors (Lipinski definition) is 2. The first-order chi connectivity index (χ1) is 12.8. The topological polar surface area (TPSA) is 75.8 Å². The molecule has 2 aromatic heterocycles. The molecule has 0 aliphatic heterocycles. The van der Waals surface area contributed by atoms with Gasteiger partial charge in [-0.25, -0.2) is 0 Å². The number of aromatic nitrogens is 3. The van der Waals surface area contributed by atoms with E-state index >= 15 is 0 Å². The summed E-state index contributed by atoms with van der Waals surface area (Å²) in [6.07, 6.45) is 8.23. The Labute approximate surface area is 178 Å². The molecule has 0 atom stereocenters. The van der Waals surface area contributed by atoms with E-state index in [1.165, 1.54) is 25.7 Å². The zero-order valence-corrected chi connectivity index (χ0v) is 18.6. The van der Waals surface area contributed by atoms with E-state index in [-0.39, 0.29) is 24.0 Å². The third-order valence-corrected chi connectivity index (χ3v) is 5.30. The minimum atomic E-state index is 0. The Kier molecular flexibility index (Phi) is 8.75. The Morgan fingerprint density at radius 1 is 1.26 bits per heavy atom. The molecule has 0 amide bonds. The zero-order chi connectivity index (χ0) is 18.2. The molecular weight excluding hydrogens is 455 g/mol. The van der Waals surface area contributed by atoms with Crippen LogP contribution < -0.4 is 10.6 Å². The molecule has 0 radical (unpaired) electrons. The predicted molar refractivity (Wildman–Crippen MR) is 119 cm³/mol. The van der Waals surface area contributed by atoms with Crippen LogP contribution in [0.25, 0.3) is 5.65 Å². The van der Waals surface area contributed by atoms with Gasteiger partial charge in [0.2, 0.25) is 0 Å². The summed E-state index contributed by atoms with van der Waals surface area (Å²) in [6, 6.07) is 5.89. The Morgan fingerprint density at radius 2 is 2.07 bits per heavy atom. The lowest BCUT2D eigenvalue weighted by molar-refractivity contribution is 0.105. The first-order valence-electron chi connectivity index (χ1n) is 9.57. The van der Waals surface area contributed by atoms with E-state index in [9.17, 15) is 0 Å². The van der Waals surface area contributed by atoms with Gasteiger partial charge in [-0.05, 0) is 43.7 Å². The van der Waals surface area contributed by atoms with Gasteiger partial charge in [-0.3, -0.25) is 9.39 Å². The fourth-order valence-electron chi connectivity index (χ4n) is 3.74. The van der Waals surface area contributed by atoms with Crippen LogP contribution >= 0.6 is 24.0 Å². The van der Waals surface area contributed by atoms with E-state index < -0.39 is 0 Å². The van der Waals surface area contributed by atoms with Crippen LogP contribution in [0, 0.1) is 5.41 Å². The molecule has 1 aliphatic carbocycles. The van der Waals surface area contributed by atoms with Gasteiger partial charge in [0.05, 0.1) is 6.54 Å². The Hall–Kier alpha value is -1.42. The summed E-state index contributed by atoms with van der Waals surface area (Å²) in [7, 11) is 1.80. The Bertz CT molecular complexity index is 726. The summed E-state index contributed by atoms with van der Waals surface area (Å²) < 4.78 is 7.59. The summed E-state index contributed by atoms with van der Waals surface area (Å²) in [5.74, 6) is 1.68. The van der Waals surface area contributed by atoms with Crippen molar-refractivity contribution >= 4 is 35.6 Å². The highest BCUT2D eigenvalue weighted by molar-refractivity contribution is 14.0. The molecule has 1 saturated carbocycles. The van der Waals surface area contributed by atoms with Gasteiger partial charge in [0.15, 0.2) is 17.4 Å². The van der Waals surface area contributed by atoms with Crippen molar-refractivity contribution in [3.05, 3.63) is 30.2 Å². The van der Waals surface area contributed by atoms with Gasteiger partial charge in [-0.15, -0.1) is 34.2 Å². The van der Waals surface area contributed by atoms with Crippen molar-refractivity contribution in [2.45, 2.75) is 45.6 Å². The molecule has 2 N–H and O–H groups in total. The van der Waals surface area contributed by atoms with Gasteiger partial charge in [-0.2, -0.15) is 0 Å². The van der Waals surface area contributed by atoms with Crippen LogP contribution in [0.5, 0.6) is 0 Å². The first-order valence-corrected chi connectivity index (χ1v) is 9.57. The van der Waals surface area contributed by atoms with E-state index in [4.69, 9.17) is 4.74 Å². The van der Waals surface area contributed by atoms with Gasteiger partial charge in [0.25, 0.3) is 0 Å². The number of hydrogen-bond acceptors (Lipinski definition) is 4. The third kappa shape index (κ3) is 5.78. The molecule has 0 spiro atoms. The summed E-state index contributed by atoms with van der Waals surface area (Å²) in [5, 5.41) is 15.3. The lowest BCUT2D eigenvalue weighted by Gasteiger charge is -2.30. The van der Waals surface area contributed by atoms with Crippen LogP contribution in [0.2, 0.25) is 0 Å². The number of aliphatic imine (C=N–C) groups is 1.